The molecule has 0 spiro atoms. The van der Waals surface area contributed by atoms with E-state index in [-0.39, 0.29) is 6.42 Å². The van der Waals surface area contributed by atoms with Crippen LogP contribution < -0.4 is 0 Å². The number of aromatic nitrogens is 4. The minimum absolute atomic E-state index is 0.269. The predicted octanol–water partition coefficient (Wildman–Crippen LogP) is -0.138. The van der Waals surface area contributed by atoms with E-state index in [1.54, 1.807) is 14.0 Å². The zero-order chi connectivity index (χ0) is 10.3. The van der Waals surface area contributed by atoms with Gasteiger partial charge in [0.1, 0.15) is 6.17 Å². The number of aliphatic hydroxyl groups is 1. The van der Waals surface area contributed by atoms with Crippen LogP contribution in [0.25, 0.3) is 0 Å². The zero-order valence-corrected chi connectivity index (χ0v) is 8.18. The number of hydrogen-bond acceptors (Lipinski definition) is 4. The smallest absolute Gasteiger partial charge is 0.177 e. The number of aliphatic hydroxyl groups excluding tert-OH is 1. The molecule has 6 heteroatoms. The van der Waals surface area contributed by atoms with Crippen LogP contribution in [0, 0.1) is 5.41 Å². The summed E-state index contributed by atoms with van der Waals surface area (Å²) in [4.78, 5) is 1.32. The van der Waals surface area contributed by atoms with Gasteiger partial charge in [-0.3, -0.25) is 0 Å². The molecule has 1 N–H and O–H groups in total. The highest BCUT2D eigenvalue weighted by Gasteiger charge is 2.56. The highest BCUT2D eigenvalue weighted by molar-refractivity contribution is 5.06. The fraction of sp³-hybridized carbons (Fsp3) is 0.875. The third-order valence-corrected chi connectivity index (χ3v) is 2.86. The van der Waals surface area contributed by atoms with Gasteiger partial charge in [-0.25, -0.2) is 4.39 Å². The molecule has 14 heavy (non-hydrogen) atoms. The van der Waals surface area contributed by atoms with Crippen molar-refractivity contribution in [3.8, 4) is 0 Å². The largest absolute Gasteiger partial charge is 0.392 e. The Labute approximate surface area is 80.9 Å². The predicted molar refractivity (Wildman–Crippen MR) is 46.1 cm³/mol. The molecular weight excluding hydrogens is 187 g/mol. The maximum absolute atomic E-state index is 12.9. The second kappa shape index (κ2) is 2.98. The van der Waals surface area contributed by atoms with Crippen molar-refractivity contribution in [2.75, 3.05) is 0 Å². The van der Waals surface area contributed by atoms with Gasteiger partial charge < -0.3 is 5.11 Å². The van der Waals surface area contributed by atoms with Crippen LogP contribution in [-0.2, 0) is 13.5 Å². The number of aryl methyl sites for hydroxylation is 1. The number of alkyl halides is 1. The molecule has 1 aromatic heterocycles. The van der Waals surface area contributed by atoms with Crippen molar-refractivity contribution in [3.05, 3.63) is 5.82 Å². The topological polar surface area (TPSA) is 63.8 Å². The molecule has 1 aromatic rings. The first kappa shape index (κ1) is 9.51. The molecule has 1 heterocycles. The first-order chi connectivity index (χ1) is 6.52. The molecule has 5 nitrogen and oxygen atoms in total. The van der Waals surface area contributed by atoms with Crippen molar-refractivity contribution in [2.45, 2.75) is 32.0 Å². The van der Waals surface area contributed by atoms with E-state index in [4.69, 9.17) is 0 Å². The summed E-state index contributed by atoms with van der Waals surface area (Å²) < 4.78 is 12.9. The summed E-state index contributed by atoms with van der Waals surface area (Å²) in [5.74, 6) is 0.459. The highest BCUT2D eigenvalue weighted by Crippen LogP contribution is 2.51. The van der Waals surface area contributed by atoms with E-state index in [2.05, 4.69) is 15.4 Å². The summed E-state index contributed by atoms with van der Waals surface area (Å²) in [7, 11) is 1.65. The third-order valence-electron chi connectivity index (χ3n) is 2.86. The van der Waals surface area contributed by atoms with E-state index in [1.165, 1.54) is 4.80 Å². The number of rotatable bonds is 3. The first-order valence-electron chi connectivity index (χ1n) is 4.57. The molecule has 1 aliphatic carbocycles. The van der Waals surface area contributed by atoms with E-state index in [0.29, 0.717) is 12.2 Å². The maximum atomic E-state index is 12.9. The molecule has 3 unspecified atom stereocenters. The van der Waals surface area contributed by atoms with Gasteiger partial charge in [-0.2, -0.15) is 4.80 Å². The number of nitrogens with zero attached hydrogens (tertiary/aromatic N) is 4. The van der Waals surface area contributed by atoms with Crippen LogP contribution in [0.2, 0.25) is 0 Å². The Morgan fingerprint density at radius 1 is 1.79 bits per heavy atom. The zero-order valence-electron chi connectivity index (χ0n) is 8.18. The standard InChI is InChI=1S/C8H13FN4O/c1-8(4-5(8)9)6(14)3-7-10-12-13(2)11-7/h5-6,14H,3-4H2,1-2H3. The highest BCUT2D eigenvalue weighted by atomic mass is 19.1. The first-order valence-corrected chi connectivity index (χ1v) is 4.57. The maximum Gasteiger partial charge on any atom is 0.177 e. The fourth-order valence-electron chi connectivity index (χ4n) is 1.48. The third kappa shape index (κ3) is 1.50. The normalized spacial score (nSPS) is 33.0. The van der Waals surface area contributed by atoms with Crippen molar-refractivity contribution in [1.29, 1.82) is 0 Å². The molecule has 2 rings (SSSR count). The van der Waals surface area contributed by atoms with E-state index in [9.17, 15) is 9.50 Å². The van der Waals surface area contributed by atoms with Crippen molar-refractivity contribution < 1.29 is 9.50 Å². The minimum Gasteiger partial charge on any atom is -0.392 e. The summed E-state index contributed by atoms with van der Waals surface area (Å²) in [5, 5.41) is 21.0. The molecule has 1 aliphatic rings. The molecule has 0 bridgehead atoms. The Morgan fingerprint density at radius 3 is 2.86 bits per heavy atom. The lowest BCUT2D eigenvalue weighted by atomic mass is 9.99. The monoisotopic (exact) mass is 200 g/mol. The molecular formula is C8H13FN4O. The van der Waals surface area contributed by atoms with E-state index in [1.807, 2.05) is 0 Å². The van der Waals surface area contributed by atoms with Crippen LogP contribution in [0.3, 0.4) is 0 Å². The van der Waals surface area contributed by atoms with E-state index in [0.717, 1.165) is 0 Å². The van der Waals surface area contributed by atoms with E-state index < -0.39 is 17.7 Å². The average molecular weight is 200 g/mol. The quantitative estimate of drug-likeness (QED) is 0.737. The van der Waals surface area contributed by atoms with Crippen molar-refractivity contribution in [3.63, 3.8) is 0 Å². The second-order valence-corrected chi connectivity index (χ2v) is 4.09. The second-order valence-electron chi connectivity index (χ2n) is 4.09. The Kier molecular flexibility index (Phi) is 2.02. The summed E-state index contributed by atoms with van der Waals surface area (Å²) >= 11 is 0. The van der Waals surface area contributed by atoms with Gasteiger partial charge in [0.15, 0.2) is 5.82 Å². The van der Waals surface area contributed by atoms with Gasteiger partial charge in [0.05, 0.1) is 13.2 Å². The lowest BCUT2D eigenvalue weighted by Gasteiger charge is -2.14. The Hall–Kier alpha value is -1.04. The van der Waals surface area contributed by atoms with Gasteiger partial charge in [-0.15, -0.1) is 10.2 Å². The van der Waals surface area contributed by atoms with Crippen LogP contribution >= 0.6 is 0 Å². The average Bonchev–Trinajstić information content (AvgIpc) is 2.56. The Balaban J connectivity index is 1.98. The van der Waals surface area contributed by atoms with Gasteiger partial charge in [-0.1, -0.05) is 6.92 Å². The fourth-order valence-corrected chi connectivity index (χ4v) is 1.48. The Bertz CT molecular complexity index is 342. The van der Waals surface area contributed by atoms with Crippen molar-refractivity contribution >= 4 is 0 Å². The lowest BCUT2D eigenvalue weighted by Crippen LogP contribution is -2.24. The molecule has 1 fully saturated rings. The van der Waals surface area contributed by atoms with Crippen LogP contribution in [0.15, 0.2) is 0 Å². The van der Waals surface area contributed by atoms with Crippen LogP contribution in [0.1, 0.15) is 19.2 Å². The number of hydrogen-bond donors (Lipinski definition) is 1. The SMILES string of the molecule is Cn1nnc(CC(O)C2(C)CC2F)n1. The summed E-state index contributed by atoms with van der Waals surface area (Å²) in [5.41, 5.74) is -0.598. The van der Waals surface area contributed by atoms with Crippen molar-refractivity contribution in [1.82, 2.24) is 20.2 Å². The summed E-state index contributed by atoms with van der Waals surface area (Å²) in [6.07, 6.45) is -0.921. The van der Waals surface area contributed by atoms with Gasteiger partial charge in [0.25, 0.3) is 0 Å². The molecule has 0 saturated heterocycles. The molecule has 0 amide bonds. The molecule has 0 aromatic carbocycles. The molecule has 0 aliphatic heterocycles. The van der Waals surface area contributed by atoms with Crippen LogP contribution in [0.5, 0.6) is 0 Å². The van der Waals surface area contributed by atoms with E-state index >= 15 is 0 Å². The number of halogens is 1. The molecule has 78 valence electrons. The number of tetrazole rings is 1. The molecule has 0 radical (unpaired) electrons. The lowest BCUT2D eigenvalue weighted by molar-refractivity contribution is 0.0857. The Morgan fingerprint density at radius 2 is 2.43 bits per heavy atom. The summed E-state index contributed by atoms with van der Waals surface area (Å²) in [6.45, 7) is 1.73. The van der Waals surface area contributed by atoms with Crippen LogP contribution in [-0.4, -0.2) is 37.6 Å². The summed E-state index contributed by atoms with van der Waals surface area (Å²) in [6, 6.07) is 0. The van der Waals surface area contributed by atoms with Crippen molar-refractivity contribution in [2.24, 2.45) is 12.5 Å². The molecule has 1 saturated carbocycles. The van der Waals surface area contributed by atoms with Crippen LogP contribution in [0.4, 0.5) is 4.39 Å². The van der Waals surface area contributed by atoms with Gasteiger partial charge in [-0.05, 0) is 11.6 Å². The molecule has 3 atom stereocenters. The van der Waals surface area contributed by atoms with Gasteiger partial charge in [0.2, 0.25) is 0 Å². The van der Waals surface area contributed by atoms with Gasteiger partial charge >= 0.3 is 0 Å². The van der Waals surface area contributed by atoms with Gasteiger partial charge in [0, 0.05) is 11.8 Å². The minimum atomic E-state index is -0.894.